The van der Waals surface area contributed by atoms with Gasteiger partial charge in [-0.25, -0.2) is 9.18 Å². The molecule has 2 aromatic carbocycles. The summed E-state index contributed by atoms with van der Waals surface area (Å²) < 4.78 is 23.1. The number of primary amides is 1. The Bertz CT molecular complexity index is 924. The van der Waals surface area contributed by atoms with E-state index in [1.807, 2.05) is 6.07 Å². The van der Waals surface area contributed by atoms with Gasteiger partial charge in [0, 0.05) is 6.42 Å². The van der Waals surface area contributed by atoms with Gasteiger partial charge in [0.1, 0.15) is 24.2 Å². The number of amides is 4. The minimum atomic E-state index is -1.19. The lowest BCUT2D eigenvalue weighted by Gasteiger charge is -2.18. The maximum Gasteiger partial charge on any atom is 0.408 e. The van der Waals surface area contributed by atoms with Crippen molar-refractivity contribution in [2.75, 3.05) is 6.61 Å². The lowest BCUT2D eigenvalue weighted by Crippen LogP contribution is -2.53. The fourth-order valence-electron chi connectivity index (χ4n) is 2.40. The molecule has 0 aliphatic heterocycles. The molecule has 0 radical (unpaired) electrons. The van der Waals surface area contributed by atoms with Crippen LogP contribution in [0.1, 0.15) is 18.4 Å². The first-order valence-corrected chi connectivity index (χ1v) is 9.56. The molecule has 0 unspecified atom stereocenters. The molecule has 0 aliphatic rings. The van der Waals surface area contributed by atoms with E-state index < -0.39 is 42.3 Å². The summed E-state index contributed by atoms with van der Waals surface area (Å²) in [6.45, 7) is -0.474. The number of ether oxygens (including phenoxy) is 2. The van der Waals surface area contributed by atoms with Crippen molar-refractivity contribution >= 4 is 23.8 Å². The first kappa shape index (κ1) is 24.1. The molecule has 0 spiro atoms. The Labute approximate surface area is 183 Å². The number of nitrogens with two attached hydrogens (primary N) is 1. The highest BCUT2D eigenvalue weighted by Gasteiger charge is 2.22. The monoisotopic (exact) mass is 446 g/mol. The minimum Gasteiger partial charge on any atom is -0.484 e. The molecule has 0 heterocycles. The van der Waals surface area contributed by atoms with Crippen LogP contribution in [0.3, 0.4) is 0 Å². The van der Waals surface area contributed by atoms with E-state index in [1.54, 1.807) is 24.3 Å². The van der Waals surface area contributed by atoms with Gasteiger partial charge in [0.05, 0.1) is 0 Å². The second kappa shape index (κ2) is 12.5. The molecule has 0 bridgehead atoms. The number of carbonyl (C=O) groups excluding carboxylic acids is 4. The molecule has 2 rings (SSSR count). The van der Waals surface area contributed by atoms with Crippen molar-refractivity contribution in [3.05, 3.63) is 66.0 Å². The topological polar surface area (TPSA) is 149 Å². The SMILES string of the molecule is NC(=O)CC[C@H](NC(=O)OCc1ccccc1)C(=O)NNC(=O)COc1ccc(F)cc1. The van der Waals surface area contributed by atoms with Crippen LogP contribution in [-0.4, -0.2) is 36.5 Å². The van der Waals surface area contributed by atoms with Crippen LogP contribution in [0.5, 0.6) is 5.75 Å². The normalized spacial score (nSPS) is 11.0. The van der Waals surface area contributed by atoms with Crippen molar-refractivity contribution in [1.82, 2.24) is 16.2 Å². The number of benzene rings is 2. The van der Waals surface area contributed by atoms with Gasteiger partial charge in [0.25, 0.3) is 11.8 Å². The van der Waals surface area contributed by atoms with E-state index in [4.69, 9.17) is 15.2 Å². The van der Waals surface area contributed by atoms with E-state index in [2.05, 4.69) is 16.2 Å². The second-order valence-electron chi connectivity index (χ2n) is 6.54. The molecule has 0 saturated heterocycles. The zero-order valence-electron chi connectivity index (χ0n) is 17.0. The van der Waals surface area contributed by atoms with Crippen LogP contribution >= 0.6 is 0 Å². The minimum absolute atomic E-state index is 0.0196. The molecule has 0 saturated carbocycles. The molecule has 32 heavy (non-hydrogen) atoms. The van der Waals surface area contributed by atoms with Crippen molar-refractivity contribution in [2.24, 2.45) is 5.73 Å². The molecule has 11 heteroatoms. The molecule has 170 valence electrons. The van der Waals surface area contributed by atoms with E-state index >= 15 is 0 Å². The summed E-state index contributed by atoms with van der Waals surface area (Å²) in [5.41, 5.74) is 10.1. The number of hydrogen-bond acceptors (Lipinski definition) is 6. The van der Waals surface area contributed by atoms with Crippen LogP contribution in [0.4, 0.5) is 9.18 Å². The number of alkyl carbamates (subject to hydrolysis) is 1. The maximum absolute atomic E-state index is 12.9. The van der Waals surface area contributed by atoms with E-state index in [0.717, 1.165) is 5.56 Å². The number of halogens is 1. The summed E-state index contributed by atoms with van der Waals surface area (Å²) >= 11 is 0. The van der Waals surface area contributed by atoms with Gasteiger partial charge in [-0.3, -0.25) is 25.2 Å². The van der Waals surface area contributed by atoms with Crippen LogP contribution in [0.15, 0.2) is 54.6 Å². The molecular formula is C21H23FN4O6. The number of nitrogens with one attached hydrogen (secondary N) is 3. The summed E-state index contributed by atoms with van der Waals surface area (Å²) in [5.74, 6) is -2.36. The highest BCUT2D eigenvalue weighted by Crippen LogP contribution is 2.10. The lowest BCUT2D eigenvalue weighted by atomic mass is 10.1. The summed E-state index contributed by atoms with van der Waals surface area (Å²) in [6, 6.07) is 12.7. The van der Waals surface area contributed by atoms with E-state index in [-0.39, 0.29) is 25.2 Å². The third-order valence-electron chi connectivity index (χ3n) is 4.01. The largest absolute Gasteiger partial charge is 0.484 e. The molecule has 0 aromatic heterocycles. The first-order valence-electron chi connectivity index (χ1n) is 9.56. The predicted octanol–water partition coefficient (Wildman–Crippen LogP) is 0.912. The molecular weight excluding hydrogens is 423 g/mol. The Hall–Kier alpha value is -4.15. The van der Waals surface area contributed by atoms with Gasteiger partial charge >= 0.3 is 6.09 Å². The summed E-state index contributed by atoms with van der Waals surface area (Å²) in [4.78, 5) is 47.3. The Balaban J connectivity index is 1.81. The van der Waals surface area contributed by atoms with Gasteiger partial charge in [0.15, 0.2) is 6.61 Å². The van der Waals surface area contributed by atoms with Crippen molar-refractivity contribution < 1.29 is 33.0 Å². The first-order chi connectivity index (χ1) is 15.3. The fraction of sp³-hybridized carbons (Fsp3) is 0.238. The summed E-state index contributed by atoms with van der Waals surface area (Å²) in [5, 5.41) is 2.33. The van der Waals surface area contributed by atoms with Crippen molar-refractivity contribution in [3.8, 4) is 5.75 Å². The number of hydrazine groups is 1. The standard InChI is InChI=1S/C21H23FN4O6/c22-15-6-8-16(9-7-15)31-13-19(28)25-26-20(29)17(10-11-18(23)27)24-21(30)32-12-14-4-2-1-3-5-14/h1-9,17H,10-13H2,(H2,23,27)(H,24,30)(H,25,28)(H,26,29)/t17-/m0/s1. The van der Waals surface area contributed by atoms with Crippen molar-refractivity contribution in [1.29, 1.82) is 0 Å². The van der Waals surface area contributed by atoms with Crippen LogP contribution in [0, 0.1) is 5.82 Å². The molecule has 0 fully saturated rings. The average Bonchev–Trinajstić information content (AvgIpc) is 2.79. The van der Waals surface area contributed by atoms with Gasteiger partial charge < -0.3 is 20.5 Å². The van der Waals surface area contributed by atoms with Crippen LogP contribution in [-0.2, 0) is 25.7 Å². The Morgan fingerprint density at radius 3 is 2.31 bits per heavy atom. The van der Waals surface area contributed by atoms with E-state index in [0.29, 0.717) is 0 Å². The van der Waals surface area contributed by atoms with Gasteiger partial charge in [0.2, 0.25) is 5.91 Å². The molecule has 2 aromatic rings. The highest BCUT2D eigenvalue weighted by molar-refractivity contribution is 5.88. The Morgan fingerprint density at radius 1 is 0.969 bits per heavy atom. The highest BCUT2D eigenvalue weighted by atomic mass is 19.1. The Morgan fingerprint density at radius 2 is 1.66 bits per heavy atom. The Kier molecular flexibility index (Phi) is 9.44. The van der Waals surface area contributed by atoms with Crippen LogP contribution < -0.4 is 26.6 Å². The zero-order chi connectivity index (χ0) is 23.3. The molecule has 1 atom stereocenters. The third-order valence-corrected chi connectivity index (χ3v) is 4.01. The van der Waals surface area contributed by atoms with Crippen LogP contribution in [0.2, 0.25) is 0 Å². The second-order valence-corrected chi connectivity index (χ2v) is 6.54. The summed E-state index contributed by atoms with van der Waals surface area (Å²) in [7, 11) is 0. The number of hydrogen-bond donors (Lipinski definition) is 4. The fourth-order valence-corrected chi connectivity index (χ4v) is 2.40. The maximum atomic E-state index is 12.9. The number of rotatable bonds is 10. The van der Waals surface area contributed by atoms with E-state index in [1.165, 1.54) is 24.3 Å². The van der Waals surface area contributed by atoms with Crippen LogP contribution in [0.25, 0.3) is 0 Å². The summed E-state index contributed by atoms with van der Waals surface area (Å²) in [6.07, 6.45) is -1.17. The lowest BCUT2D eigenvalue weighted by molar-refractivity contribution is -0.131. The molecule has 4 amide bonds. The van der Waals surface area contributed by atoms with E-state index in [9.17, 15) is 23.6 Å². The molecule has 10 nitrogen and oxygen atoms in total. The zero-order valence-corrected chi connectivity index (χ0v) is 17.0. The molecule has 0 aliphatic carbocycles. The quantitative estimate of drug-likeness (QED) is 0.399. The average molecular weight is 446 g/mol. The number of carbonyl (C=O) groups is 4. The van der Waals surface area contributed by atoms with Gasteiger partial charge in [-0.1, -0.05) is 30.3 Å². The third kappa shape index (κ3) is 9.11. The molecule has 5 N–H and O–H groups in total. The van der Waals surface area contributed by atoms with Crippen molar-refractivity contribution in [2.45, 2.75) is 25.5 Å². The van der Waals surface area contributed by atoms with Gasteiger partial charge in [-0.05, 0) is 36.2 Å². The van der Waals surface area contributed by atoms with Crippen molar-refractivity contribution in [3.63, 3.8) is 0 Å². The smallest absolute Gasteiger partial charge is 0.408 e. The van der Waals surface area contributed by atoms with Gasteiger partial charge in [-0.2, -0.15) is 0 Å². The predicted molar refractivity (Wildman–Crippen MR) is 110 cm³/mol. The van der Waals surface area contributed by atoms with Gasteiger partial charge in [-0.15, -0.1) is 0 Å².